The molecule has 2 heterocycles. The summed E-state index contributed by atoms with van der Waals surface area (Å²) in [6, 6.07) is 17.3. The highest BCUT2D eigenvalue weighted by Gasteiger charge is 2.27. The van der Waals surface area contributed by atoms with Gasteiger partial charge in [0.25, 0.3) is 0 Å². The second kappa shape index (κ2) is 10.0. The molecule has 0 unspecified atom stereocenters. The number of aliphatic hydroxyl groups is 1. The first-order valence-electron chi connectivity index (χ1n) is 10.9. The lowest BCUT2D eigenvalue weighted by Crippen LogP contribution is -2.52. The normalized spacial score (nSPS) is 18.0. The average molecular weight is 406 g/mol. The molecule has 1 N–H and O–H groups in total. The van der Waals surface area contributed by atoms with Gasteiger partial charge in [0.1, 0.15) is 5.75 Å². The van der Waals surface area contributed by atoms with Crippen molar-refractivity contribution in [3.05, 3.63) is 72.1 Å². The third-order valence-electron chi connectivity index (χ3n) is 5.94. The van der Waals surface area contributed by atoms with Crippen LogP contribution in [0.3, 0.4) is 0 Å². The zero-order valence-corrected chi connectivity index (χ0v) is 17.7. The van der Waals surface area contributed by atoms with Crippen molar-refractivity contribution < 1.29 is 9.84 Å². The molecule has 3 aromatic rings. The number of nitrogens with zero attached hydrogens (tertiary/aromatic N) is 3. The molecular weight excluding hydrogens is 374 g/mol. The van der Waals surface area contributed by atoms with Crippen LogP contribution < -0.4 is 4.74 Å². The maximum atomic E-state index is 9.65. The largest absolute Gasteiger partial charge is 0.494 e. The number of piperazine rings is 1. The number of ether oxygens (including phenoxy) is 1. The smallest absolute Gasteiger partial charge is 0.119 e. The van der Waals surface area contributed by atoms with Crippen molar-refractivity contribution in [2.24, 2.45) is 0 Å². The van der Waals surface area contributed by atoms with Crippen molar-refractivity contribution in [2.75, 3.05) is 32.8 Å². The van der Waals surface area contributed by atoms with Crippen LogP contribution in [0.4, 0.5) is 0 Å². The first-order chi connectivity index (χ1) is 14.8. The lowest BCUT2D eigenvalue weighted by molar-refractivity contribution is 0.0501. The Kier molecular flexibility index (Phi) is 6.95. The van der Waals surface area contributed by atoms with Gasteiger partial charge in [0.05, 0.1) is 6.61 Å². The zero-order chi connectivity index (χ0) is 20.8. The predicted molar refractivity (Wildman–Crippen MR) is 121 cm³/mol. The molecule has 0 radical (unpaired) electrons. The van der Waals surface area contributed by atoms with E-state index in [1.165, 1.54) is 21.9 Å². The molecule has 0 saturated carbocycles. The highest BCUT2D eigenvalue weighted by atomic mass is 16.5. The van der Waals surface area contributed by atoms with Crippen LogP contribution in [0.2, 0.25) is 0 Å². The molecule has 1 aliphatic heterocycles. The summed E-state index contributed by atoms with van der Waals surface area (Å²) in [5.74, 6) is 0.920. The summed E-state index contributed by atoms with van der Waals surface area (Å²) in [5, 5.41) is 12.1. The molecule has 1 fully saturated rings. The molecule has 30 heavy (non-hydrogen) atoms. The van der Waals surface area contributed by atoms with Gasteiger partial charge in [-0.1, -0.05) is 30.3 Å². The van der Waals surface area contributed by atoms with E-state index in [1.54, 1.807) is 0 Å². The number of pyridine rings is 1. The standard InChI is InChI=1S/C25H31N3O2/c1-2-30-24-8-6-20(7-9-24)17-28-14-13-27(19-23(28)11-15-29)18-22-5-3-4-21-16-26-12-10-25(21)22/h3-10,12,16,23,29H,2,11,13-15,17-19H2,1H3/t23-/m0/s1. The SMILES string of the molecule is CCOc1ccc(CN2CCN(Cc3cccc4cnccc34)C[C@@H]2CCO)cc1. The topological polar surface area (TPSA) is 48.8 Å². The molecule has 0 amide bonds. The van der Waals surface area contributed by atoms with E-state index in [2.05, 4.69) is 51.2 Å². The van der Waals surface area contributed by atoms with Crippen molar-refractivity contribution in [1.29, 1.82) is 0 Å². The van der Waals surface area contributed by atoms with Crippen LogP contribution in [0.1, 0.15) is 24.5 Å². The molecule has 0 aliphatic carbocycles. The molecule has 1 atom stereocenters. The monoisotopic (exact) mass is 405 g/mol. The fourth-order valence-electron chi connectivity index (χ4n) is 4.39. The van der Waals surface area contributed by atoms with E-state index in [1.807, 2.05) is 31.5 Å². The van der Waals surface area contributed by atoms with Gasteiger partial charge in [-0.05, 0) is 48.1 Å². The molecule has 1 aliphatic rings. The van der Waals surface area contributed by atoms with E-state index >= 15 is 0 Å². The van der Waals surface area contributed by atoms with E-state index in [9.17, 15) is 5.11 Å². The minimum atomic E-state index is 0.220. The number of aromatic nitrogens is 1. The maximum Gasteiger partial charge on any atom is 0.119 e. The molecule has 2 aromatic carbocycles. The summed E-state index contributed by atoms with van der Waals surface area (Å²) in [7, 11) is 0. The number of hydrogen-bond donors (Lipinski definition) is 1. The number of hydrogen-bond acceptors (Lipinski definition) is 5. The van der Waals surface area contributed by atoms with Gasteiger partial charge in [0.2, 0.25) is 0 Å². The van der Waals surface area contributed by atoms with Crippen LogP contribution in [0.15, 0.2) is 60.9 Å². The van der Waals surface area contributed by atoms with Crippen molar-refractivity contribution in [3.8, 4) is 5.75 Å². The number of benzene rings is 2. The summed E-state index contributed by atoms with van der Waals surface area (Å²) in [5.41, 5.74) is 2.63. The third-order valence-corrected chi connectivity index (χ3v) is 5.94. The fourth-order valence-corrected chi connectivity index (χ4v) is 4.39. The molecular formula is C25H31N3O2. The number of fused-ring (bicyclic) bond motifs is 1. The predicted octanol–water partition coefficient (Wildman–Crippen LogP) is 3.70. The van der Waals surface area contributed by atoms with Gasteiger partial charge < -0.3 is 9.84 Å². The first kappa shape index (κ1) is 20.8. The van der Waals surface area contributed by atoms with Gasteiger partial charge in [-0.2, -0.15) is 0 Å². The minimum Gasteiger partial charge on any atom is -0.494 e. The Morgan fingerprint density at radius 1 is 1.07 bits per heavy atom. The quantitative estimate of drug-likeness (QED) is 0.619. The molecule has 0 spiro atoms. The van der Waals surface area contributed by atoms with Gasteiger partial charge >= 0.3 is 0 Å². The van der Waals surface area contributed by atoms with E-state index in [0.717, 1.165) is 44.9 Å². The Balaban J connectivity index is 1.42. The van der Waals surface area contributed by atoms with Crippen molar-refractivity contribution in [2.45, 2.75) is 32.5 Å². The molecule has 4 rings (SSSR count). The highest BCUT2D eigenvalue weighted by molar-refractivity contribution is 5.84. The van der Waals surface area contributed by atoms with Gasteiger partial charge in [-0.25, -0.2) is 0 Å². The number of aliphatic hydroxyl groups excluding tert-OH is 1. The highest BCUT2D eigenvalue weighted by Crippen LogP contribution is 2.23. The van der Waals surface area contributed by atoms with E-state index in [4.69, 9.17) is 4.74 Å². The van der Waals surface area contributed by atoms with Crippen LogP contribution in [0, 0.1) is 0 Å². The van der Waals surface area contributed by atoms with Crippen molar-refractivity contribution in [1.82, 2.24) is 14.8 Å². The van der Waals surface area contributed by atoms with Crippen LogP contribution in [-0.4, -0.2) is 58.8 Å². The third kappa shape index (κ3) is 4.98. The van der Waals surface area contributed by atoms with Crippen LogP contribution in [0.25, 0.3) is 10.8 Å². The molecule has 5 heteroatoms. The summed E-state index contributed by atoms with van der Waals surface area (Å²) >= 11 is 0. The van der Waals surface area contributed by atoms with Gasteiger partial charge in [-0.15, -0.1) is 0 Å². The number of rotatable bonds is 8. The van der Waals surface area contributed by atoms with E-state index < -0.39 is 0 Å². The Bertz CT molecular complexity index is 939. The molecule has 1 aromatic heterocycles. The van der Waals surface area contributed by atoms with Gasteiger partial charge in [0, 0.05) is 63.2 Å². The van der Waals surface area contributed by atoms with Crippen molar-refractivity contribution >= 4 is 10.8 Å². The second-order valence-electron chi connectivity index (χ2n) is 7.96. The zero-order valence-electron chi connectivity index (χ0n) is 17.7. The summed E-state index contributed by atoms with van der Waals surface area (Å²) in [4.78, 5) is 9.27. The first-order valence-corrected chi connectivity index (χ1v) is 10.9. The minimum absolute atomic E-state index is 0.220. The van der Waals surface area contributed by atoms with E-state index in [0.29, 0.717) is 12.6 Å². The lowest BCUT2D eigenvalue weighted by Gasteiger charge is -2.41. The molecule has 5 nitrogen and oxygen atoms in total. The Morgan fingerprint density at radius 2 is 1.93 bits per heavy atom. The molecule has 0 bridgehead atoms. The van der Waals surface area contributed by atoms with Crippen LogP contribution in [0.5, 0.6) is 5.75 Å². The summed E-state index contributed by atoms with van der Waals surface area (Å²) in [6.45, 7) is 7.75. The van der Waals surface area contributed by atoms with Crippen LogP contribution in [-0.2, 0) is 13.1 Å². The Morgan fingerprint density at radius 3 is 2.73 bits per heavy atom. The van der Waals surface area contributed by atoms with Crippen LogP contribution >= 0.6 is 0 Å². The van der Waals surface area contributed by atoms with E-state index in [-0.39, 0.29) is 6.61 Å². The average Bonchev–Trinajstić information content (AvgIpc) is 2.77. The molecule has 1 saturated heterocycles. The Labute approximate surface area is 178 Å². The lowest BCUT2D eigenvalue weighted by atomic mass is 10.0. The second-order valence-corrected chi connectivity index (χ2v) is 7.96. The Hall–Kier alpha value is -2.47. The van der Waals surface area contributed by atoms with Crippen molar-refractivity contribution in [3.63, 3.8) is 0 Å². The summed E-state index contributed by atoms with van der Waals surface area (Å²) < 4.78 is 5.55. The maximum absolute atomic E-state index is 9.65. The van der Waals surface area contributed by atoms with Gasteiger partial charge in [-0.3, -0.25) is 14.8 Å². The summed E-state index contributed by atoms with van der Waals surface area (Å²) in [6.07, 6.45) is 4.60. The molecule has 158 valence electrons. The van der Waals surface area contributed by atoms with Gasteiger partial charge in [0.15, 0.2) is 0 Å². The fraction of sp³-hybridized carbons (Fsp3) is 0.400.